The number of carbonyl (C=O) groups excluding carboxylic acids is 2. The van der Waals surface area contributed by atoms with Crippen molar-refractivity contribution in [2.24, 2.45) is 0 Å². The fourth-order valence-corrected chi connectivity index (χ4v) is 2.40. The monoisotopic (exact) mass is 365 g/mol. The third-order valence-electron chi connectivity index (χ3n) is 3.72. The van der Waals surface area contributed by atoms with Crippen LogP contribution in [0.2, 0.25) is 0 Å². The zero-order valence-electron chi connectivity index (χ0n) is 14.2. The van der Waals surface area contributed by atoms with Crippen LogP contribution in [0.25, 0.3) is 0 Å². The summed E-state index contributed by atoms with van der Waals surface area (Å²) in [6, 6.07) is 12.4. The van der Waals surface area contributed by atoms with Gasteiger partial charge < -0.3 is 10.1 Å². The molecule has 2 atom stereocenters. The SMILES string of the molecule is CC(=O)O[C@@H](C(=O)NC(C)c1ccc(C(F)(F)F)cc1)c1ccccc1. The van der Waals surface area contributed by atoms with Crippen LogP contribution < -0.4 is 5.32 Å². The molecule has 0 spiro atoms. The second-order valence-electron chi connectivity index (χ2n) is 5.75. The smallest absolute Gasteiger partial charge is 0.416 e. The van der Waals surface area contributed by atoms with Crippen molar-refractivity contribution in [2.45, 2.75) is 32.2 Å². The van der Waals surface area contributed by atoms with Gasteiger partial charge in [0.25, 0.3) is 5.91 Å². The Morgan fingerprint density at radius 2 is 1.54 bits per heavy atom. The lowest BCUT2D eigenvalue weighted by molar-refractivity contribution is -0.154. The van der Waals surface area contributed by atoms with E-state index in [0.29, 0.717) is 11.1 Å². The van der Waals surface area contributed by atoms with Crippen LogP contribution in [0.1, 0.15) is 42.7 Å². The summed E-state index contributed by atoms with van der Waals surface area (Å²) < 4.78 is 43.0. The number of esters is 1. The molecule has 1 unspecified atom stereocenters. The molecule has 26 heavy (non-hydrogen) atoms. The lowest BCUT2D eigenvalue weighted by Gasteiger charge is -2.21. The standard InChI is InChI=1S/C19H18F3NO3/c1-12(14-8-10-16(11-9-14)19(20,21)22)23-18(25)17(26-13(2)24)15-6-4-3-5-7-15/h3-12,17H,1-2H3,(H,23,25)/t12?,17-/m1/s1. The number of nitrogens with one attached hydrogen (secondary N) is 1. The Morgan fingerprint density at radius 3 is 2.04 bits per heavy atom. The zero-order valence-corrected chi connectivity index (χ0v) is 14.2. The van der Waals surface area contributed by atoms with Crippen molar-refractivity contribution in [1.29, 1.82) is 0 Å². The molecule has 0 saturated carbocycles. The Balaban J connectivity index is 2.14. The molecule has 0 heterocycles. The number of rotatable bonds is 5. The normalized spacial score (nSPS) is 13.6. The third kappa shape index (κ3) is 5.08. The minimum Gasteiger partial charge on any atom is -0.447 e. The number of hydrogen-bond donors (Lipinski definition) is 1. The Hall–Kier alpha value is -2.83. The molecule has 4 nitrogen and oxygen atoms in total. The average molecular weight is 365 g/mol. The van der Waals surface area contributed by atoms with Crippen molar-refractivity contribution in [1.82, 2.24) is 5.32 Å². The van der Waals surface area contributed by atoms with Crippen LogP contribution in [-0.4, -0.2) is 11.9 Å². The molecule has 0 aliphatic carbocycles. The van der Waals surface area contributed by atoms with E-state index in [1.54, 1.807) is 37.3 Å². The molecule has 2 aromatic carbocycles. The molecule has 0 aliphatic heterocycles. The van der Waals surface area contributed by atoms with Gasteiger partial charge >= 0.3 is 12.1 Å². The van der Waals surface area contributed by atoms with Gasteiger partial charge in [-0.05, 0) is 24.6 Å². The number of ether oxygens (including phenoxy) is 1. The van der Waals surface area contributed by atoms with E-state index in [1.165, 1.54) is 19.1 Å². The van der Waals surface area contributed by atoms with E-state index in [2.05, 4.69) is 5.32 Å². The number of benzene rings is 2. The first-order chi connectivity index (χ1) is 12.2. The summed E-state index contributed by atoms with van der Waals surface area (Å²) in [5.74, 6) is -1.17. The Kier molecular flexibility index (Phi) is 6.02. The highest BCUT2D eigenvalue weighted by Gasteiger charge is 2.30. The fraction of sp³-hybridized carbons (Fsp3) is 0.263. The largest absolute Gasteiger partial charge is 0.447 e. The van der Waals surface area contributed by atoms with E-state index in [9.17, 15) is 22.8 Å². The summed E-state index contributed by atoms with van der Waals surface area (Å²) in [6.07, 6.45) is -5.55. The highest BCUT2D eigenvalue weighted by Crippen LogP contribution is 2.30. The van der Waals surface area contributed by atoms with E-state index in [1.807, 2.05) is 0 Å². The van der Waals surface area contributed by atoms with Gasteiger partial charge in [0, 0.05) is 12.5 Å². The molecule has 0 fully saturated rings. The summed E-state index contributed by atoms with van der Waals surface area (Å²) in [7, 11) is 0. The first-order valence-electron chi connectivity index (χ1n) is 7.88. The quantitative estimate of drug-likeness (QED) is 0.809. The van der Waals surface area contributed by atoms with Crippen molar-refractivity contribution in [3.8, 4) is 0 Å². The van der Waals surface area contributed by atoms with Crippen molar-refractivity contribution < 1.29 is 27.5 Å². The highest BCUT2D eigenvalue weighted by atomic mass is 19.4. The molecule has 138 valence electrons. The maximum atomic E-state index is 12.6. The van der Waals surface area contributed by atoms with Gasteiger partial charge in [0.1, 0.15) is 0 Å². The molecule has 2 aromatic rings. The topological polar surface area (TPSA) is 55.4 Å². The summed E-state index contributed by atoms with van der Waals surface area (Å²) in [6.45, 7) is 2.83. The van der Waals surface area contributed by atoms with Crippen LogP contribution in [-0.2, 0) is 20.5 Å². The van der Waals surface area contributed by atoms with Gasteiger partial charge in [-0.2, -0.15) is 13.2 Å². The Labute approximate surface area is 149 Å². The minimum absolute atomic E-state index is 0.500. The first-order valence-corrected chi connectivity index (χ1v) is 7.88. The number of amides is 1. The van der Waals surface area contributed by atoms with E-state index >= 15 is 0 Å². The minimum atomic E-state index is -4.42. The summed E-state index contributed by atoms with van der Waals surface area (Å²) in [5.41, 5.74) is 0.239. The van der Waals surface area contributed by atoms with Crippen molar-refractivity contribution in [3.05, 3.63) is 71.3 Å². The fourth-order valence-electron chi connectivity index (χ4n) is 2.40. The molecule has 0 aliphatic rings. The van der Waals surface area contributed by atoms with E-state index in [4.69, 9.17) is 4.74 Å². The molecule has 1 amide bonds. The van der Waals surface area contributed by atoms with Gasteiger partial charge in [-0.15, -0.1) is 0 Å². The van der Waals surface area contributed by atoms with Crippen LogP contribution >= 0.6 is 0 Å². The van der Waals surface area contributed by atoms with Crippen LogP contribution in [0.4, 0.5) is 13.2 Å². The van der Waals surface area contributed by atoms with Crippen LogP contribution in [0.3, 0.4) is 0 Å². The van der Waals surface area contributed by atoms with Gasteiger partial charge in [-0.25, -0.2) is 0 Å². The predicted molar refractivity (Wildman–Crippen MR) is 89.0 cm³/mol. The highest BCUT2D eigenvalue weighted by molar-refractivity contribution is 5.85. The maximum Gasteiger partial charge on any atom is 0.416 e. The predicted octanol–water partition coefficient (Wildman–Crippen LogP) is 4.19. The van der Waals surface area contributed by atoms with Crippen molar-refractivity contribution in [3.63, 3.8) is 0 Å². The molecule has 0 aromatic heterocycles. The number of carbonyl (C=O) groups is 2. The number of alkyl halides is 3. The Bertz CT molecular complexity index is 758. The molecule has 2 rings (SSSR count). The second-order valence-corrected chi connectivity index (χ2v) is 5.75. The van der Waals surface area contributed by atoms with Gasteiger partial charge in [-0.1, -0.05) is 42.5 Å². The van der Waals surface area contributed by atoms with Crippen LogP contribution in [0.15, 0.2) is 54.6 Å². The molecular weight excluding hydrogens is 347 g/mol. The van der Waals surface area contributed by atoms with Gasteiger partial charge in [0.05, 0.1) is 11.6 Å². The molecule has 1 N–H and O–H groups in total. The average Bonchev–Trinajstić information content (AvgIpc) is 2.59. The first kappa shape index (κ1) is 19.5. The van der Waals surface area contributed by atoms with Crippen LogP contribution in [0, 0.1) is 0 Å². The Morgan fingerprint density at radius 1 is 0.962 bits per heavy atom. The molecule has 0 radical (unpaired) electrons. The number of halogens is 3. The second kappa shape index (κ2) is 8.03. The lowest BCUT2D eigenvalue weighted by atomic mass is 10.0. The van der Waals surface area contributed by atoms with E-state index in [-0.39, 0.29) is 0 Å². The van der Waals surface area contributed by atoms with Gasteiger partial charge in [0.15, 0.2) is 0 Å². The maximum absolute atomic E-state index is 12.6. The molecular formula is C19H18F3NO3. The lowest BCUT2D eigenvalue weighted by Crippen LogP contribution is -2.33. The van der Waals surface area contributed by atoms with Gasteiger partial charge in [-0.3, -0.25) is 9.59 Å². The van der Waals surface area contributed by atoms with E-state index in [0.717, 1.165) is 12.1 Å². The van der Waals surface area contributed by atoms with Crippen LogP contribution in [0.5, 0.6) is 0 Å². The number of hydrogen-bond acceptors (Lipinski definition) is 3. The summed E-state index contributed by atoms with van der Waals surface area (Å²) >= 11 is 0. The summed E-state index contributed by atoms with van der Waals surface area (Å²) in [5, 5.41) is 2.66. The molecule has 0 bridgehead atoms. The third-order valence-corrected chi connectivity index (χ3v) is 3.72. The van der Waals surface area contributed by atoms with Gasteiger partial charge in [0.2, 0.25) is 6.10 Å². The zero-order chi connectivity index (χ0) is 19.3. The van der Waals surface area contributed by atoms with Crippen molar-refractivity contribution in [2.75, 3.05) is 0 Å². The molecule has 0 saturated heterocycles. The van der Waals surface area contributed by atoms with E-state index < -0.39 is 35.8 Å². The summed E-state index contributed by atoms with van der Waals surface area (Å²) in [4.78, 5) is 23.8. The molecule has 7 heteroatoms. The van der Waals surface area contributed by atoms with Crippen molar-refractivity contribution >= 4 is 11.9 Å².